The predicted molar refractivity (Wildman–Crippen MR) is 120 cm³/mol. The number of rotatable bonds is 7. The van der Waals surface area contributed by atoms with Crippen LogP contribution in [0.25, 0.3) is 10.9 Å². The van der Waals surface area contributed by atoms with Gasteiger partial charge in [-0.2, -0.15) is 0 Å². The van der Waals surface area contributed by atoms with Gasteiger partial charge >= 0.3 is 0 Å². The lowest BCUT2D eigenvalue weighted by Gasteiger charge is -2.12. The topological polar surface area (TPSA) is 63.2 Å². The molecule has 156 valence electrons. The molecular weight excluding hydrogens is 393 g/mol. The summed E-state index contributed by atoms with van der Waals surface area (Å²) in [6, 6.07) is 22.8. The average molecular weight is 415 g/mol. The van der Waals surface area contributed by atoms with Crippen LogP contribution >= 0.6 is 0 Å². The fourth-order valence-corrected chi connectivity index (χ4v) is 3.26. The van der Waals surface area contributed by atoms with Crippen LogP contribution in [-0.2, 0) is 6.54 Å². The Bertz CT molecular complexity index is 1190. The molecule has 31 heavy (non-hydrogen) atoms. The van der Waals surface area contributed by atoms with Crippen LogP contribution in [0.1, 0.15) is 22.8 Å². The monoisotopic (exact) mass is 415 g/mol. The smallest absolute Gasteiger partial charge is 0.252 e. The van der Waals surface area contributed by atoms with Gasteiger partial charge in [0.2, 0.25) is 0 Å². The number of para-hydroxylation sites is 1. The minimum Gasteiger partial charge on any atom is -0.494 e. The van der Waals surface area contributed by atoms with Crippen LogP contribution < -0.4 is 15.4 Å². The molecule has 0 aliphatic rings. The Balaban J connectivity index is 1.58. The normalized spacial score (nSPS) is 10.6. The largest absolute Gasteiger partial charge is 0.494 e. The summed E-state index contributed by atoms with van der Waals surface area (Å²) in [5.74, 6) is 0.827. The first-order valence-electron chi connectivity index (χ1n) is 10.0. The summed E-state index contributed by atoms with van der Waals surface area (Å²) in [5, 5.41) is 6.92. The van der Waals surface area contributed by atoms with Crippen LogP contribution in [-0.4, -0.2) is 17.5 Å². The lowest BCUT2D eigenvalue weighted by Crippen LogP contribution is -2.23. The number of fused-ring (bicyclic) bond motifs is 1. The molecular formula is C25H22FN3O2. The molecule has 1 aromatic heterocycles. The SMILES string of the molecule is CCOc1ccc(Nc2cc(C(=O)NCc3ccc(F)cc3)c3ccccc3n2)cc1. The van der Waals surface area contributed by atoms with Crippen LogP contribution in [0.15, 0.2) is 78.9 Å². The molecule has 0 bridgehead atoms. The van der Waals surface area contributed by atoms with Crippen molar-refractivity contribution >= 4 is 28.3 Å². The number of aromatic nitrogens is 1. The maximum atomic E-state index is 13.1. The molecule has 0 saturated carbocycles. The average Bonchev–Trinajstić information content (AvgIpc) is 2.79. The van der Waals surface area contributed by atoms with E-state index in [2.05, 4.69) is 15.6 Å². The number of hydrogen-bond acceptors (Lipinski definition) is 4. The molecule has 3 aromatic carbocycles. The fourth-order valence-electron chi connectivity index (χ4n) is 3.26. The number of amides is 1. The highest BCUT2D eigenvalue weighted by molar-refractivity contribution is 6.07. The van der Waals surface area contributed by atoms with Crippen molar-refractivity contribution in [3.8, 4) is 5.75 Å². The third-order valence-electron chi connectivity index (χ3n) is 4.76. The van der Waals surface area contributed by atoms with Crippen molar-refractivity contribution in [1.82, 2.24) is 10.3 Å². The molecule has 5 nitrogen and oxygen atoms in total. The van der Waals surface area contributed by atoms with Gasteiger partial charge in [-0.15, -0.1) is 0 Å². The molecule has 0 aliphatic heterocycles. The minimum atomic E-state index is -0.305. The Morgan fingerprint density at radius 2 is 1.74 bits per heavy atom. The van der Waals surface area contributed by atoms with Crippen molar-refractivity contribution in [2.24, 2.45) is 0 Å². The summed E-state index contributed by atoms with van der Waals surface area (Å²) in [4.78, 5) is 17.6. The summed E-state index contributed by atoms with van der Waals surface area (Å²) in [5.41, 5.74) is 2.89. The van der Waals surface area contributed by atoms with Crippen molar-refractivity contribution in [3.05, 3.63) is 95.8 Å². The number of nitrogens with zero attached hydrogens (tertiary/aromatic N) is 1. The van der Waals surface area contributed by atoms with Gasteiger partial charge in [-0.3, -0.25) is 4.79 Å². The predicted octanol–water partition coefficient (Wildman–Crippen LogP) is 5.45. The molecule has 0 aliphatic carbocycles. The summed E-state index contributed by atoms with van der Waals surface area (Å²) >= 11 is 0. The molecule has 0 atom stereocenters. The van der Waals surface area contributed by atoms with E-state index in [1.54, 1.807) is 18.2 Å². The summed E-state index contributed by atoms with van der Waals surface area (Å²) < 4.78 is 18.6. The highest BCUT2D eigenvalue weighted by atomic mass is 19.1. The number of nitrogens with one attached hydrogen (secondary N) is 2. The maximum Gasteiger partial charge on any atom is 0.252 e. The van der Waals surface area contributed by atoms with Crippen molar-refractivity contribution in [2.75, 3.05) is 11.9 Å². The van der Waals surface area contributed by atoms with Gasteiger partial charge in [0.05, 0.1) is 17.7 Å². The number of carbonyl (C=O) groups is 1. The van der Waals surface area contributed by atoms with E-state index < -0.39 is 0 Å². The second-order valence-corrected chi connectivity index (χ2v) is 6.96. The molecule has 0 fully saturated rings. The van der Waals surface area contributed by atoms with Crippen LogP contribution in [0.4, 0.5) is 15.9 Å². The van der Waals surface area contributed by atoms with Crippen molar-refractivity contribution < 1.29 is 13.9 Å². The van der Waals surface area contributed by atoms with E-state index in [0.717, 1.165) is 22.4 Å². The molecule has 4 aromatic rings. The third kappa shape index (κ3) is 4.98. The van der Waals surface area contributed by atoms with E-state index in [0.29, 0.717) is 30.0 Å². The maximum absolute atomic E-state index is 13.1. The van der Waals surface area contributed by atoms with E-state index in [9.17, 15) is 9.18 Å². The van der Waals surface area contributed by atoms with E-state index in [1.807, 2.05) is 55.5 Å². The lowest BCUT2D eigenvalue weighted by molar-refractivity contribution is 0.0952. The van der Waals surface area contributed by atoms with Crippen molar-refractivity contribution in [2.45, 2.75) is 13.5 Å². The minimum absolute atomic E-state index is 0.224. The molecule has 0 saturated heterocycles. The van der Waals surface area contributed by atoms with Gasteiger partial charge in [0, 0.05) is 17.6 Å². The standard InChI is InChI=1S/C25H22FN3O2/c1-2-31-20-13-11-19(12-14-20)28-24-15-22(21-5-3-4-6-23(21)29-24)25(30)27-16-17-7-9-18(26)10-8-17/h3-15H,2,16H2,1H3,(H,27,30)(H,28,29). The van der Waals surface area contributed by atoms with Gasteiger partial charge in [-0.1, -0.05) is 30.3 Å². The quantitative estimate of drug-likeness (QED) is 0.422. The zero-order valence-electron chi connectivity index (χ0n) is 17.1. The van der Waals surface area contributed by atoms with Crippen molar-refractivity contribution in [1.29, 1.82) is 0 Å². The molecule has 0 radical (unpaired) electrons. The molecule has 2 N–H and O–H groups in total. The summed E-state index contributed by atoms with van der Waals surface area (Å²) in [6.45, 7) is 2.85. The Morgan fingerprint density at radius 3 is 2.48 bits per heavy atom. The van der Waals surface area contributed by atoms with Gasteiger partial charge in [0.15, 0.2) is 0 Å². The van der Waals surface area contributed by atoms with Gasteiger partial charge in [-0.05, 0) is 61.0 Å². The number of hydrogen-bond donors (Lipinski definition) is 2. The molecule has 6 heteroatoms. The van der Waals surface area contributed by atoms with E-state index in [-0.39, 0.29) is 11.7 Å². The molecule has 0 spiro atoms. The lowest BCUT2D eigenvalue weighted by atomic mass is 10.1. The van der Waals surface area contributed by atoms with Crippen LogP contribution in [0.5, 0.6) is 5.75 Å². The Hall–Kier alpha value is -3.93. The van der Waals surface area contributed by atoms with Gasteiger partial charge in [0.25, 0.3) is 5.91 Å². The second-order valence-electron chi connectivity index (χ2n) is 6.96. The zero-order chi connectivity index (χ0) is 21.6. The number of ether oxygens (including phenoxy) is 1. The van der Waals surface area contributed by atoms with Crippen LogP contribution in [0, 0.1) is 5.82 Å². The first kappa shape index (κ1) is 20.3. The van der Waals surface area contributed by atoms with Crippen molar-refractivity contribution in [3.63, 3.8) is 0 Å². The number of benzene rings is 3. The van der Waals surface area contributed by atoms with E-state index in [4.69, 9.17) is 4.74 Å². The van der Waals surface area contributed by atoms with Gasteiger partial charge < -0.3 is 15.4 Å². The number of halogens is 1. The Labute approximate surface area is 179 Å². The number of carbonyl (C=O) groups excluding carboxylic acids is 1. The molecule has 1 amide bonds. The van der Waals surface area contributed by atoms with E-state index in [1.165, 1.54) is 12.1 Å². The first-order valence-corrected chi connectivity index (χ1v) is 10.0. The second kappa shape index (κ2) is 9.26. The summed E-state index contributed by atoms with van der Waals surface area (Å²) in [6.07, 6.45) is 0. The highest BCUT2D eigenvalue weighted by Crippen LogP contribution is 2.24. The van der Waals surface area contributed by atoms with Gasteiger partial charge in [-0.25, -0.2) is 9.37 Å². The molecule has 1 heterocycles. The first-order chi connectivity index (χ1) is 15.1. The van der Waals surface area contributed by atoms with Gasteiger partial charge in [0.1, 0.15) is 17.4 Å². The third-order valence-corrected chi connectivity index (χ3v) is 4.76. The van der Waals surface area contributed by atoms with E-state index >= 15 is 0 Å². The Morgan fingerprint density at radius 1 is 1.00 bits per heavy atom. The van der Waals surface area contributed by atoms with Crippen LogP contribution in [0.3, 0.4) is 0 Å². The zero-order valence-corrected chi connectivity index (χ0v) is 17.1. The highest BCUT2D eigenvalue weighted by Gasteiger charge is 2.13. The Kier molecular flexibility index (Phi) is 6.08. The number of pyridine rings is 1. The summed E-state index contributed by atoms with van der Waals surface area (Å²) in [7, 11) is 0. The molecule has 0 unspecified atom stereocenters. The fraction of sp³-hybridized carbons (Fsp3) is 0.120. The molecule has 4 rings (SSSR count). The van der Waals surface area contributed by atoms with Crippen LogP contribution in [0.2, 0.25) is 0 Å². The number of anilines is 2.